The Morgan fingerprint density at radius 2 is 2.00 bits per heavy atom. The van der Waals surface area contributed by atoms with Crippen molar-refractivity contribution in [3.05, 3.63) is 41.9 Å². The summed E-state index contributed by atoms with van der Waals surface area (Å²) in [6.45, 7) is 7.59. The maximum Gasteiger partial charge on any atom is 0.227 e. The highest BCUT2D eigenvalue weighted by Crippen LogP contribution is 2.27. The molecule has 0 unspecified atom stereocenters. The van der Waals surface area contributed by atoms with E-state index in [0.717, 1.165) is 37.4 Å². The molecule has 4 rings (SSSR count). The Morgan fingerprint density at radius 1 is 1.21 bits per heavy atom. The molecule has 8 nitrogen and oxygen atoms in total. The summed E-state index contributed by atoms with van der Waals surface area (Å²) in [7, 11) is 0. The highest BCUT2D eigenvalue weighted by Gasteiger charge is 2.27. The third-order valence-electron chi connectivity index (χ3n) is 5.24. The molecule has 3 aromatic rings. The molecule has 3 aromatic heterocycles. The van der Waals surface area contributed by atoms with Crippen molar-refractivity contribution in [2.45, 2.75) is 57.8 Å². The van der Waals surface area contributed by atoms with Crippen LogP contribution in [0.2, 0.25) is 0 Å². The number of aromatic nitrogens is 5. The summed E-state index contributed by atoms with van der Waals surface area (Å²) in [5, 5.41) is 12.6. The molecule has 0 radical (unpaired) electrons. The Bertz CT molecular complexity index is 962. The number of rotatable bonds is 4. The minimum absolute atomic E-state index is 0.139. The third kappa shape index (κ3) is 3.76. The molecule has 1 aliphatic rings. The Hall–Kier alpha value is -2.77. The van der Waals surface area contributed by atoms with Crippen LogP contribution in [0.3, 0.4) is 0 Å². The van der Waals surface area contributed by atoms with Gasteiger partial charge in [-0.25, -0.2) is 0 Å². The predicted octanol–water partition coefficient (Wildman–Crippen LogP) is 2.75. The Balaban J connectivity index is 1.31. The summed E-state index contributed by atoms with van der Waals surface area (Å²) in [6.07, 6.45) is 4.67. The highest BCUT2D eigenvalue weighted by atomic mass is 16.5. The summed E-state index contributed by atoms with van der Waals surface area (Å²) in [5.74, 6) is 2.66. The summed E-state index contributed by atoms with van der Waals surface area (Å²) < 4.78 is 7.33. The van der Waals surface area contributed by atoms with Gasteiger partial charge >= 0.3 is 0 Å². The van der Waals surface area contributed by atoms with E-state index in [4.69, 9.17) is 4.52 Å². The number of amides is 1. The highest BCUT2D eigenvalue weighted by molar-refractivity contribution is 5.76. The molecule has 4 heterocycles. The SMILES string of the molecule is CC(C)(C)c1noc(CCC(=O)N2CCC(c3nnc4ccccn34)CC2)n1. The van der Waals surface area contributed by atoms with Gasteiger partial charge in [0.25, 0.3) is 0 Å². The van der Waals surface area contributed by atoms with Crippen LogP contribution < -0.4 is 0 Å². The fourth-order valence-electron chi connectivity index (χ4n) is 3.56. The first kappa shape index (κ1) is 18.6. The number of fused-ring (bicyclic) bond motifs is 1. The monoisotopic (exact) mass is 382 g/mol. The Morgan fingerprint density at radius 3 is 2.71 bits per heavy atom. The van der Waals surface area contributed by atoms with Gasteiger partial charge in [-0.1, -0.05) is 32.0 Å². The lowest BCUT2D eigenvalue weighted by molar-refractivity contribution is -0.132. The van der Waals surface area contributed by atoms with Gasteiger partial charge < -0.3 is 9.42 Å². The lowest BCUT2D eigenvalue weighted by Gasteiger charge is -2.31. The van der Waals surface area contributed by atoms with Gasteiger partial charge in [0.1, 0.15) is 5.82 Å². The molecular weight excluding hydrogens is 356 g/mol. The van der Waals surface area contributed by atoms with Crippen molar-refractivity contribution in [2.75, 3.05) is 13.1 Å². The van der Waals surface area contributed by atoms with Gasteiger partial charge in [-0.3, -0.25) is 9.20 Å². The first-order valence-corrected chi connectivity index (χ1v) is 9.82. The Kier molecular flexibility index (Phi) is 4.87. The standard InChI is InChI=1S/C20H26N6O2/c1-20(2,3)19-21-16(28-24-19)7-8-17(27)25-12-9-14(10-13-25)18-23-22-15-6-4-5-11-26(15)18/h4-6,11,14H,7-10,12-13H2,1-3H3. The maximum atomic E-state index is 12.6. The predicted molar refractivity (Wildman–Crippen MR) is 103 cm³/mol. The van der Waals surface area contributed by atoms with Crippen molar-refractivity contribution in [2.24, 2.45) is 0 Å². The van der Waals surface area contributed by atoms with Crippen LogP contribution in [0, 0.1) is 0 Å². The van der Waals surface area contributed by atoms with Crippen LogP contribution in [-0.2, 0) is 16.6 Å². The zero-order valence-electron chi connectivity index (χ0n) is 16.6. The number of hydrogen-bond acceptors (Lipinski definition) is 6. The van der Waals surface area contributed by atoms with Crippen LogP contribution in [0.1, 0.15) is 63.5 Å². The van der Waals surface area contributed by atoms with Crippen molar-refractivity contribution in [3.63, 3.8) is 0 Å². The number of carbonyl (C=O) groups is 1. The molecule has 1 saturated heterocycles. The molecule has 1 aliphatic heterocycles. The molecule has 8 heteroatoms. The second-order valence-electron chi connectivity index (χ2n) is 8.40. The average molecular weight is 382 g/mol. The molecule has 0 spiro atoms. The summed E-state index contributed by atoms with van der Waals surface area (Å²) in [4.78, 5) is 18.9. The third-order valence-corrected chi connectivity index (χ3v) is 5.24. The van der Waals surface area contributed by atoms with E-state index in [1.165, 1.54) is 0 Å². The normalized spacial score (nSPS) is 16.0. The fraction of sp³-hybridized carbons (Fsp3) is 0.550. The van der Waals surface area contributed by atoms with E-state index in [1.54, 1.807) is 0 Å². The second kappa shape index (κ2) is 7.33. The van der Waals surface area contributed by atoms with E-state index in [2.05, 4.69) is 20.3 Å². The minimum atomic E-state index is -0.153. The molecule has 148 valence electrons. The van der Waals surface area contributed by atoms with Crippen molar-refractivity contribution < 1.29 is 9.32 Å². The summed E-state index contributed by atoms with van der Waals surface area (Å²) >= 11 is 0. The maximum absolute atomic E-state index is 12.6. The zero-order chi connectivity index (χ0) is 19.7. The first-order chi connectivity index (χ1) is 13.4. The van der Waals surface area contributed by atoms with Gasteiger partial charge in [0.05, 0.1) is 0 Å². The van der Waals surface area contributed by atoms with Crippen molar-refractivity contribution >= 4 is 11.6 Å². The van der Waals surface area contributed by atoms with Crippen LogP contribution in [-0.4, -0.2) is 48.6 Å². The number of likely N-dealkylation sites (tertiary alicyclic amines) is 1. The van der Waals surface area contributed by atoms with E-state index in [-0.39, 0.29) is 11.3 Å². The molecule has 0 aliphatic carbocycles. The summed E-state index contributed by atoms with van der Waals surface area (Å²) in [6, 6.07) is 5.90. The van der Waals surface area contributed by atoms with Crippen LogP contribution in [0.25, 0.3) is 5.65 Å². The van der Waals surface area contributed by atoms with E-state index in [9.17, 15) is 4.79 Å². The van der Waals surface area contributed by atoms with Crippen LogP contribution >= 0.6 is 0 Å². The van der Waals surface area contributed by atoms with Crippen molar-refractivity contribution in [3.8, 4) is 0 Å². The van der Waals surface area contributed by atoms with E-state index in [1.807, 2.05) is 54.5 Å². The Labute approximate surface area is 163 Å². The molecular formula is C20H26N6O2. The number of pyridine rings is 1. The lowest BCUT2D eigenvalue weighted by atomic mass is 9.95. The lowest BCUT2D eigenvalue weighted by Crippen LogP contribution is -2.38. The number of aryl methyl sites for hydroxylation is 1. The molecule has 1 amide bonds. The molecule has 0 saturated carbocycles. The van der Waals surface area contributed by atoms with E-state index >= 15 is 0 Å². The first-order valence-electron chi connectivity index (χ1n) is 9.82. The number of hydrogen-bond donors (Lipinski definition) is 0. The molecule has 0 aromatic carbocycles. The minimum Gasteiger partial charge on any atom is -0.343 e. The van der Waals surface area contributed by atoms with Crippen LogP contribution in [0.4, 0.5) is 0 Å². The zero-order valence-corrected chi connectivity index (χ0v) is 16.6. The van der Waals surface area contributed by atoms with Gasteiger partial charge in [-0.15, -0.1) is 10.2 Å². The van der Waals surface area contributed by atoms with E-state index < -0.39 is 0 Å². The van der Waals surface area contributed by atoms with E-state index in [0.29, 0.717) is 30.5 Å². The van der Waals surface area contributed by atoms with Gasteiger partial charge in [-0.05, 0) is 25.0 Å². The fourth-order valence-corrected chi connectivity index (χ4v) is 3.56. The number of piperidine rings is 1. The molecule has 1 fully saturated rings. The largest absolute Gasteiger partial charge is 0.343 e. The van der Waals surface area contributed by atoms with Crippen LogP contribution in [0.5, 0.6) is 0 Å². The molecule has 28 heavy (non-hydrogen) atoms. The number of nitrogens with zero attached hydrogens (tertiary/aromatic N) is 6. The smallest absolute Gasteiger partial charge is 0.227 e. The van der Waals surface area contributed by atoms with Gasteiger partial charge in [-0.2, -0.15) is 4.98 Å². The summed E-state index contributed by atoms with van der Waals surface area (Å²) in [5.41, 5.74) is 0.713. The number of carbonyl (C=O) groups excluding carboxylic acids is 1. The van der Waals surface area contributed by atoms with Crippen LogP contribution in [0.15, 0.2) is 28.9 Å². The second-order valence-corrected chi connectivity index (χ2v) is 8.40. The average Bonchev–Trinajstić information content (AvgIpc) is 3.33. The quantitative estimate of drug-likeness (QED) is 0.689. The molecule has 0 N–H and O–H groups in total. The van der Waals surface area contributed by atoms with Crippen molar-refractivity contribution in [1.82, 2.24) is 29.6 Å². The molecule has 0 atom stereocenters. The van der Waals surface area contributed by atoms with Gasteiger partial charge in [0.2, 0.25) is 11.8 Å². The van der Waals surface area contributed by atoms with Gasteiger partial charge in [0.15, 0.2) is 11.5 Å². The van der Waals surface area contributed by atoms with Gasteiger partial charge in [0, 0.05) is 43.5 Å². The molecule has 0 bridgehead atoms. The topological polar surface area (TPSA) is 89.4 Å². The van der Waals surface area contributed by atoms with Crippen molar-refractivity contribution in [1.29, 1.82) is 0 Å².